The quantitative estimate of drug-likeness (QED) is 0.276. The first kappa shape index (κ1) is 21.3. The molecule has 0 amide bonds. The van der Waals surface area contributed by atoms with Gasteiger partial charge in [0.15, 0.2) is 5.84 Å². The Kier molecular flexibility index (Phi) is 11.4. The van der Waals surface area contributed by atoms with Crippen LogP contribution in [0.25, 0.3) is 0 Å². The highest BCUT2D eigenvalue weighted by Crippen LogP contribution is 2.11. The third kappa shape index (κ3) is 6.96. The first-order chi connectivity index (χ1) is 8.54. The summed E-state index contributed by atoms with van der Waals surface area (Å²) in [6.07, 6.45) is -0.0356. The number of nitrogens with two attached hydrogens (primary N) is 1. The van der Waals surface area contributed by atoms with Gasteiger partial charge in [-0.3, -0.25) is 0 Å². The molecule has 1 rings (SSSR count). The summed E-state index contributed by atoms with van der Waals surface area (Å²) in [7, 11) is 0. The van der Waals surface area contributed by atoms with Crippen molar-refractivity contribution >= 4 is 30.6 Å². The monoisotopic (exact) mass is 323 g/mol. The van der Waals surface area contributed by atoms with Crippen molar-refractivity contribution in [3.8, 4) is 0 Å². The molecule has 20 heavy (non-hydrogen) atoms. The minimum atomic E-state index is -0.500. The van der Waals surface area contributed by atoms with Crippen LogP contribution in [0.5, 0.6) is 0 Å². The molecule has 5 nitrogen and oxygen atoms in total. The van der Waals surface area contributed by atoms with Gasteiger partial charge in [0.25, 0.3) is 0 Å². The zero-order valence-electron chi connectivity index (χ0n) is 11.6. The molecular weight excluding hydrogens is 301 g/mol. The molecule has 0 saturated heterocycles. The lowest BCUT2D eigenvalue weighted by molar-refractivity contribution is 0.169. The number of hydrogen-bond acceptors (Lipinski definition) is 4. The number of amidine groups is 1. The summed E-state index contributed by atoms with van der Waals surface area (Å²) < 4.78 is 0. The number of aliphatic hydroxyl groups is 1. The molecule has 1 aromatic carbocycles. The summed E-state index contributed by atoms with van der Waals surface area (Å²) in [6.45, 7) is 4.57. The van der Waals surface area contributed by atoms with Gasteiger partial charge >= 0.3 is 0 Å². The molecule has 0 spiro atoms. The fourth-order valence-electron chi connectivity index (χ4n) is 1.70. The van der Waals surface area contributed by atoms with E-state index >= 15 is 0 Å². The zero-order chi connectivity index (χ0) is 13.5. The van der Waals surface area contributed by atoms with Gasteiger partial charge in [0.2, 0.25) is 0 Å². The lowest BCUT2D eigenvalue weighted by Gasteiger charge is -2.15. The van der Waals surface area contributed by atoms with Crippen LogP contribution in [0.2, 0.25) is 0 Å². The molecule has 0 fully saturated rings. The zero-order valence-corrected chi connectivity index (χ0v) is 13.2. The topological polar surface area (TPSA) is 90.9 Å². The van der Waals surface area contributed by atoms with Gasteiger partial charge in [0.1, 0.15) is 0 Å². The Morgan fingerprint density at radius 3 is 2.45 bits per heavy atom. The summed E-state index contributed by atoms with van der Waals surface area (Å²) in [5, 5.41) is 24.8. The number of rotatable bonds is 6. The smallest absolute Gasteiger partial charge is 0.170 e. The Labute approximate surface area is 132 Å². The third-order valence-corrected chi connectivity index (χ3v) is 2.62. The van der Waals surface area contributed by atoms with Crippen molar-refractivity contribution < 1.29 is 10.3 Å². The SMILES string of the molecule is CC(C)NCC(O)Cc1ccccc1C(N)=NO.Cl.Cl. The Hall–Kier alpha value is -1.01. The van der Waals surface area contributed by atoms with Gasteiger partial charge in [-0.05, 0) is 5.56 Å². The molecule has 1 aromatic rings. The van der Waals surface area contributed by atoms with E-state index in [0.717, 1.165) is 5.56 Å². The summed E-state index contributed by atoms with van der Waals surface area (Å²) in [6, 6.07) is 7.65. The standard InChI is InChI=1S/C13H21N3O2.2ClH/c1-9(2)15-8-11(17)7-10-5-3-4-6-12(10)13(14)16-18;;/h3-6,9,11,15,17-18H,7-8H2,1-2H3,(H2,14,16);2*1H. The van der Waals surface area contributed by atoms with Crippen LogP contribution >= 0.6 is 24.8 Å². The number of nitrogens with one attached hydrogen (secondary N) is 1. The van der Waals surface area contributed by atoms with Crippen LogP contribution in [0.3, 0.4) is 0 Å². The maximum Gasteiger partial charge on any atom is 0.170 e. The van der Waals surface area contributed by atoms with Crippen molar-refractivity contribution in [2.45, 2.75) is 32.4 Å². The average molecular weight is 324 g/mol. The van der Waals surface area contributed by atoms with Crippen LogP contribution in [-0.2, 0) is 6.42 Å². The number of aliphatic hydroxyl groups excluding tert-OH is 1. The van der Waals surface area contributed by atoms with Crippen LogP contribution in [0, 0.1) is 0 Å². The number of benzene rings is 1. The van der Waals surface area contributed by atoms with Crippen molar-refractivity contribution in [3.63, 3.8) is 0 Å². The van der Waals surface area contributed by atoms with Crippen molar-refractivity contribution in [1.29, 1.82) is 0 Å². The van der Waals surface area contributed by atoms with E-state index in [1.54, 1.807) is 6.07 Å². The molecule has 1 unspecified atom stereocenters. The Bertz CT molecular complexity index is 414. The second kappa shape index (κ2) is 10.7. The lowest BCUT2D eigenvalue weighted by Crippen LogP contribution is -2.33. The minimum Gasteiger partial charge on any atom is -0.409 e. The van der Waals surface area contributed by atoms with Crippen LogP contribution < -0.4 is 11.1 Å². The second-order valence-corrected chi connectivity index (χ2v) is 4.56. The normalized spacial score (nSPS) is 12.5. The highest BCUT2D eigenvalue weighted by Gasteiger charge is 2.11. The van der Waals surface area contributed by atoms with E-state index in [1.165, 1.54) is 0 Å². The number of nitrogens with zero attached hydrogens (tertiary/aromatic N) is 1. The van der Waals surface area contributed by atoms with Gasteiger partial charge in [0.05, 0.1) is 6.10 Å². The van der Waals surface area contributed by atoms with Crippen LogP contribution in [-0.4, -0.2) is 34.8 Å². The molecular formula is C13H23Cl2N3O2. The predicted molar refractivity (Wildman–Crippen MR) is 86.3 cm³/mol. The molecule has 7 heteroatoms. The predicted octanol–water partition coefficient (Wildman–Crippen LogP) is 1.53. The number of oxime groups is 1. The van der Waals surface area contributed by atoms with Crippen LogP contribution in [0.1, 0.15) is 25.0 Å². The molecule has 0 bridgehead atoms. The largest absolute Gasteiger partial charge is 0.409 e. The molecule has 0 radical (unpaired) electrons. The van der Waals surface area contributed by atoms with Gasteiger partial charge in [-0.2, -0.15) is 0 Å². The Morgan fingerprint density at radius 2 is 1.90 bits per heavy atom. The highest BCUT2D eigenvalue weighted by molar-refractivity contribution is 5.98. The molecule has 0 aliphatic heterocycles. The van der Waals surface area contributed by atoms with E-state index in [2.05, 4.69) is 10.5 Å². The molecule has 0 aromatic heterocycles. The highest BCUT2D eigenvalue weighted by atomic mass is 35.5. The molecule has 0 aliphatic carbocycles. The molecule has 1 atom stereocenters. The van der Waals surface area contributed by atoms with E-state index in [1.807, 2.05) is 32.0 Å². The summed E-state index contributed by atoms with van der Waals surface area (Å²) >= 11 is 0. The maximum atomic E-state index is 9.92. The van der Waals surface area contributed by atoms with Crippen molar-refractivity contribution in [3.05, 3.63) is 35.4 Å². The van der Waals surface area contributed by atoms with Gasteiger partial charge in [0, 0.05) is 24.6 Å². The third-order valence-electron chi connectivity index (χ3n) is 2.62. The molecule has 0 saturated carbocycles. The van der Waals surface area contributed by atoms with Gasteiger partial charge in [-0.15, -0.1) is 24.8 Å². The first-order valence-electron chi connectivity index (χ1n) is 6.01. The second-order valence-electron chi connectivity index (χ2n) is 4.56. The van der Waals surface area contributed by atoms with E-state index in [-0.39, 0.29) is 30.6 Å². The van der Waals surface area contributed by atoms with Crippen LogP contribution in [0.15, 0.2) is 29.4 Å². The molecule has 0 aliphatic rings. The number of halogens is 2. The number of hydrogen-bond donors (Lipinski definition) is 4. The summed E-state index contributed by atoms with van der Waals surface area (Å²) in [5.74, 6) is 0.0645. The fraction of sp³-hybridized carbons (Fsp3) is 0.462. The Morgan fingerprint density at radius 1 is 1.30 bits per heavy atom. The van der Waals surface area contributed by atoms with Crippen molar-refractivity contribution in [1.82, 2.24) is 5.32 Å². The van der Waals surface area contributed by atoms with Gasteiger partial charge < -0.3 is 21.4 Å². The maximum absolute atomic E-state index is 9.92. The lowest BCUT2D eigenvalue weighted by atomic mass is 10.0. The van der Waals surface area contributed by atoms with E-state index in [0.29, 0.717) is 24.6 Å². The molecule has 5 N–H and O–H groups in total. The van der Waals surface area contributed by atoms with E-state index in [4.69, 9.17) is 10.9 Å². The molecule has 0 heterocycles. The van der Waals surface area contributed by atoms with Crippen molar-refractivity contribution in [2.75, 3.05) is 6.54 Å². The van der Waals surface area contributed by atoms with Crippen molar-refractivity contribution in [2.24, 2.45) is 10.9 Å². The Balaban J connectivity index is 0. The summed E-state index contributed by atoms with van der Waals surface area (Å²) in [4.78, 5) is 0. The van der Waals surface area contributed by atoms with Crippen LogP contribution in [0.4, 0.5) is 0 Å². The first-order valence-corrected chi connectivity index (χ1v) is 6.01. The van der Waals surface area contributed by atoms with E-state index < -0.39 is 6.10 Å². The minimum absolute atomic E-state index is 0. The average Bonchev–Trinajstić information content (AvgIpc) is 2.36. The van der Waals surface area contributed by atoms with Gasteiger partial charge in [-0.25, -0.2) is 0 Å². The molecule has 116 valence electrons. The van der Waals surface area contributed by atoms with E-state index in [9.17, 15) is 5.11 Å². The summed E-state index contributed by atoms with van der Waals surface area (Å²) in [5.41, 5.74) is 7.12. The van der Waals surface area contributed by atoms with Gasteiger partial charge in [-0.1, -0.05) is 43.3 Å². The fourth-order valence-corrected chi connectivity index (χ4v) is 1.70.